The minimum Gasteiger partial charge on any atom is -0.294 e. The number of halogens is 1. The van der Waals surface area contributed by atoms with Crippen LogP contribution in [0.15, 0.2) is 60.7 Å². The summed E-state index contributed by atoms with van der Waals surface area (Å²) < 4.78 is 0. The van der Waals surface area contributed by atoms with Gasteiger partial charge in [-0.25, -0.2) is 0 Å². The van der Waals surface area contributed by atoms with Gasteiger partial charge in [-0.1, -0.05) is 48.0 Å². The van der Waals surface area contributed by atoms with Gasteiger partial charge in [-0.15, -0.1) is 0 Å². The molecule has 0 spiro atoms. The van der Waals surface area contributed by atoms with Crippen molar-refractivity contribution in [2.24, 2.45) is 0 Å². The van der Waals surface area contributed by atoms with Crippen LogP contribution in [0.4, 0.5) is 5.69 Å². The zero-order valence-electron chi connectivity index (χ0n) is 13.4. The number of anilines is 1. The van der Waals surface area contributed by atoms with Crippen LogP contribution in [0.25, 0.3) is 10.8 Å². The number of nitrogens with zero attached hydrogens (tertiary/aromatic N) is 2. The first-order chi connectivity index (χ1) is 11.6. The summed E-state index contributed by atoms with van der Waals surface area (Å²) in [5.74, 6) is 0.0738. The lowest BCUT2D eigenvalue weighted by Crippen LogP contribution is -2.37. The Morgan fingerprint density at radius 3 is 2.46 bits per heavy atom. The standard InChI is InChI=1S/C20H17ClN2O/c1-22(12-14-8-10-16(21)11-9-14)13-23-18-7-3-5-15-4-2-6-17(19(15)18)20(23)24/h2-11H,12-13H2,1H3. The Bertz CT molecular complexity index is 915. The molecule has 0 bridgehead atoms. The van der Waals surface area contributed by atoms with E-state index in [9.17, 15) is 4.79 Å². The van der Waals surface area contributed by atoms with Crippen molar-refractivity contribution in [2.45, 2.75) is 6.54 Å². The van der Waals surface area contributed by atoms with E-state index in [1.54, 1.807) is 0 Å². The first kappa shape index (κ1) is 15.2. The largest absolute Gasteiger partial charge is 0.294 e. The van der Waals surface area contributed by atoms with Crippen molar-refractivity contribution >= 4 is 34.0 Å². The normalized spacial score (nSPS) is 13.3. The van der Waals surface area contributed by atoms with Crippen LogP contribution in [0.2, 0.25) is 5.02 Å². The van der Waals surface area contributed by atoms with E-state index in [2.05, 4.69) is 17.0 Å². The second kappa shape index (κ2) is 5.93. The molecule has 4 rings (SSSR count). The maximum atomic E-state index is 12.8. The second-order valence-corrected chi connectivity index (χ2v) is 6.63. The van der Waals surface area contributed by atoms with Crippen molar-refractivity contribution in [1.82, 2.24) is 4.90 Å². The first-order valence-corrected chi connectivity index (χ1v) is 8.28. The number of carbonyl (C=O) groups excluding carboxylic acids is 1. The summed E-state index contributed by atoms with van der Waals surface area (Å²) >= 11 is 5.94. The highest BCUT2D eigenvalue weighted by Crippen LogP contribution is 2.37. The van der Waals surface area contributed by atoms with Gasteiger partial charge in [-0.3, -0.25) is 14.6 Å². The molecule has 0 unspecified atom stereocenters. The van der Waals surface area contributed by atoms with Crippen LogP contribution in [-0.2, 0) is 6.54 Å². The van der Waals surface area contributed by atoms with Gasteiger partial charge in [0.15, 0.2) is 0 Å². The Kier molecular flexibility index (Phi) is 3.75. The maximum absolute atomic E-state index is 12.8. The van der Waals surface area contributed by atoms with Crippen molar-refractivity contribution in [3.8, 4) is 0 Å². The smallest absolute Gasteiger partial charge is 0.260 e. The van der Waals surface area contributed by atoms with E-state index in [0.717, 1.165) is 33.6 Å². The summed E-state index contributed by atoms with van der Waals surface area (Å²) in [7, 11) is 2.02. The van der Waals surface area contributed by atoms with E-state index < -0.39 is 0 Å². The van der Waals surface area contributed by atoms with Crippen molar-refractivity contribution < 1.29 is 4.79 Å². The molecule has 3 aromatic rings. The number of rotatable bonds is 4. The lowest BCUT2D eigenvalue weighted by Gasteiger charge is -2.25. The Morgan fingerprint density at radius 2 is 1.71 bits per heavy atom. The highest BCUT2D eigenvalue weighted by molar-refractivity contribution is 6.30. The van der Waals surface area contributed by atoms with Gasteiger partial charge in [-0.2, -0.15) is 0 Å². The maximum Gasteiger partial charge on any atom is 0.260 e. The number of hydrogen-bond donors (Lipinski definition) is 0. The highest BCUT2D eigenvalue weighted by Gasteiger charge is 2.29. The van der Waals surface area contributed by atoms with Crippen LogP contribution in [-0.4, -0.2) is 24.5 Å². The first-order valence-electron chi connectivity index (χ1n) is 7.90. The van der Waals surface area contributed by atoms with Gasteiger partial charge < -0.3 is 0 Å². The number of carbonyl (C=O) groups is 1. The average Bonchev–Trinajstić information content (AvgIpc) is 2.85. The molecule has 24 heavy (non-hydrogen) atoms. The van der Waals surface area contributed by atoms with Crippen molar-refractivity contribution in [1.29, 1.82) is 0 Å². The molecule has 3 nitrogen and oxygen atoms in total. The SMILES string of the molecule is CN(Cc1ccc(Cl)cc1)CN1C(=O)c2cccc3cccc1c23. The van der Waals surface area contributed by atoms with Crippen LogP contribution >= 0.6 is 11.6 Å². The fraction of sp³-hybridized carbons (Fsp3) is 0.150. The monoisotopic (exact) mass is 336 g/mol. The Hall–Kier alpha value is -2.36. The zero-order chi connectivity index (χ0) is 16.7. The van der Waals surface area contributed by atoms with Crippen LogP contribution < -0.4 is 4.90 Å². The van der Waals surface area contributed by atoms with Crippen molar-refractivity contribution in [3.63, 3.8) is 0 Å². The summed E-state index contributed by atoms with van der Waals surface area (Å²) in [6, 6.07) is 19.8. The Morgan fingerprint density at radius 1 is 1.00 bits per heavy atom. The van der Waals surface area contributed by atoms with E-state index in [4.69, 9.17) is 11.6 Å². The van der Waals surface area contributed by atoms with E-state index in [0.29, 0.717) is 6.67 Å². The van der Waals surface area contributed by atoms with E-state index in [1.165, 1.54) is 5.56 Å². The van der Waals surface area contributed by atoms with Gasteiger partial charge in [0.25, 0.3) is 5.91 Å². The molecule has 3 aromatic carbocycles. The van der Waals surface area contributed by atoms with Crippen molar-refractivity contribution in [2.75, 3.05) is 18.6 Å². The number of hydrogen-bond acceptors (Lipinski definition) is 2. The third-order valence-corrected chi connectivity index (χ3v) is 4.65. The fourth-order valence-electron chi connectivity index (χ4n) is 3.31. The molecule has 0 N–H and O–H groups in total. The molecule has 0 atom stereocenters. The average molecular weight is 337 g/mol. The molecular formula is C20H17ClN2O. The molecule has 1 amide bonds. The summed E-state index contributed by atoms with van der Waals surface area (Å²) in [5.41, 5.74) is 2.96. The predicted octanol–water partition coefficient (Wildman–Crippen LogP) is 4.54. The Labute approximate surface area is 146 Å². The second-order valence-electron chi connectivity index (χ2n) is 6.20. The van der Waals surface area contributed by atoms with Crippen LogP contribution in [0.5, 0.6) is 0 Å². The van der Waals surface area contributed by atoms with Crippen LogP contribution in [0.3, 0.4) is 0 Å². The van der Waals surface area contributed by atoms with Crippen molar-refractivity contribution in [3.05, 3.63) is 76.8 Å². The van der Waals surface area contributed by atoms with Gasteiger partial charge in [-0.05, 0) is 42.3 Å². The molecule has 0 saturated heterocycles. The quantitative estimate of drug-likeness (QED) is 0.698. The van der Waals surface area contributed by atoms with Gasteiger partial charge in [0.2, 0.25) is 0 Å². The minimum atomic E-state index is 0.0738. The molecule has 0 fully saturated rings. The van der Waals surface area contributed by atoms with Crippen LogP contribution in [0, 0.1) is 0 Å². The molecule has 120 valence electrons. The molecule has 1 heterocycles. The summed E-state index contributed by atoms with van der Waals surface area (Å²) in [5, 5.41) is 2.91. The summed E-state index contributed by atoms with van der Waals surface area (Å²) in [6.45, 7) is 1.31. The molecule has 0 saturated carbocycles. The molecule has 0 aliphatic carbocycles. The molecule has 1 aliphatic rings. The van der Waals surface area contributed by atoms with Gasteiger partial charge in [0, 0.05) is 22.5 Å². The lowest BCUT2D eigenvalue weighted by atomic mass is 10.1. The van der Waals surface area contributed by atoms with E-state index in [1.807, 2.05) is 60.5 Å². The molecule has 0 aromatic heterocycles. The van der Waals surface area contributed by atoms with Crippen LogP contribution in [0.1, 0.15) is 15.9 Å². The predicted molar refractivity (Wildman–Crippen MR) is 98.5 cm³/mol. The van der Waals surface area contributed by atoms with E-state index in [-0.39, 0.29) is 5.91 Å². The lowest BCUT2D eigenvalue weighted by molar-refractivity contribution is 0.0977. The number of amides is 1. The third kappa shape index (κ3) is 2.56. The van der Waals surface area contributed by atoms with Gasteiger partial charge in [0.05, 0.1) is 12.4 Å². The summed E-state index contributed by atoms with van der Waals surface area (Å²) in [6.07, 6.45) is 0. The molecule has 1 aliphatic heterocycles. The highest BCUT2D eigenvalue weighted by atomic mass is 35.5. The topological polar surface area (TPSA) is 23.6 Å². The number of benzene rings is 3. The zero-order valence-corrected chi connectivity index (χ0v) is 14.1. The third-order valence-electron chi connectivity index (χ3n) is 4.40. The fourth-order valence-corrected chi connectivity index (χ4v) is 3.44. The molecular weight excluding hydrogens is 320 g/mol. The molecule has 4 heteroatoms. The van der Waals surface area contributed by atoms with E-state index >= 15 is 0 Å². The molecule has 0 radical (unpaired) electrons. The van der Waals surface area contributed by atoms with Gasteiger partial charge >= 0.3 is 0 Å². The van der Waals surface area contributed by atoms with Gasteiger partial charge in [0.1, 0.15) is 0 Å². The Balaban J connectivity index is 1.58. The summed E-state index contributed by atoms with van der Waals surface area (Å²) in [4.78, 5) is 16.8. The minimum absolute atomic E-state index is 0.0738.